The lowest BCUT2D eigenvalue weighted by molar-refractivity contribution is 0.0183. The smallest absolute Gasteiger partial charge is 0.410 e. The number of ether oxygens (including phenoxy) is 1. The summed E-state index contributed by atoms with van der Waals surface area (Å²) in [5.41, 5.74) is 1.26. The maximum atomic E-state index is 13.0. The molecule has 0 radical (unpaired) electrons. The third-order valence-electron chi connectivity index (χ3n) is 4.62. The first-order valence-corrected chi connectivity index (χ1v) is 10.4. The van der Waals surface area contributed by atoms with E-state index in [4.69, 9.17) is 4.74 Å². The molecule has 0 spiro atoms. The van der Waals surface area contributed by atoms with E-state index in [2.05, 4.69) is 0 Å². The molecule has 0 atom stereocenters. The van der Waals surface area contributed by atoms with Crippen molar-refractivity contribution in [3.63, 3.8) is 0 Å². The Balaban J connectivity index is 2.05. The van der Waals surface area contributed by atoms with Crippen molar-refractivity contribution in [3.05, 3.63) is 29.3 Å². The van der Waals surface area contributed by atoms with Gasteiger partial charge in [-0.15, -0.1) is 0 Å². The van der Waals surface area contributed by atoms with E-state index in [-0.39, 0.29) is 12.1 Å². The Morgan fingerprint density at radius 3 is 2.27 bits per heavy atom. The number of hydrogen-bond donors (Lipinski definition) is 0. The second-order valence-electron chi connectivity index (χ2n) is 7.99. The molecular weight excluding hydrogens is 352 g/mol. The molecule has 1 aliphatic heterocycles. The van der Waals surface area contributed by atoms with Gasteiger partial charge in [0.25, 0.3) is 0 Å². The van der Waals surface area contributed by atoms with Crippen LogP contribution in [0.3, 0.4) is 0 Å². The summed E-state index contributed by atoms with van der Waals surface area (Å²) in [4.78, 5) is 14.2. The van der Waals surface area contributed by atoms with Gasteiger partial charge in [-0.2, -0.15) is 4.31 Å². The second-order valence-corrected chi connectivity index (χ2v) is 9.95. The average Bonchev–Trinajstić information content (AvgIpc) is 2.52. The van der Waals surface area contributed by atoms with Gasteiger partial charge < -0.3 is 9.64 Å². The lowest BCUT2D eigenvalue weighted by atomic mass is 10.1. The van der Waals surface area contributed by atoms with Gasteiger partial charge in [0, 0.05) is 26.2 Å². The van der Waals surface area contributed by atoms with Gasteiger partial charge in [-0.1, -0.05) is 17.7 Å². The van der Waals surface area contributed by atoms with Crippen LogP contribution in [0, 0.1) is 13.8 Å². The van der Waals surface area contributed by atoms with Crippen molar-refractivity contribution in [2.24, 2.45) is 0 Å². The predicted octanol–water partition coefficient (Wildman–Crippen LogP) is 3.32. The first-order valence-electron chi connectivity index (χ1n) is 8.95. The van der Waals surface area contributed by atoms with E-state index in [1.54, 1.807) is 18.0 Å². The van der Waals surface area contributed by atoms with Gasteiger partial charge in [-0.3, -0.25) is 0 Å². The van der Waals surface area contributed by atoms with Crippen LogP contribution in [-0.2, 0) is 14.8 Å². The summed E-state index contributed by atoms with van der Waals surface area (Å²) < 4.78 is 32.8. The maximum absolute atomic E-state index is 13.0. The number of benzene rings is 1. The summed E-state index contributed by atoms with van der Waals surface area (Å²) >= 11 is 0. The standard InChI is InChI=1S/C19H30N2O4S/c1-14-7-8-17(15(2)13-14)26(23,24)20(6)16-9-11-21(12-10-16)18(22)25-19(3,4)5/h7-8,13,16H,9-12H2,1-6H3. The number of nitrogens with zero attached hydrogens (tertiary/aromatic N) is 2. The number of amides is 1. The van der Waals surface area contributed by atoms with Gasteiger partial charge in [-0.25, -0.2) is 13.2 Å². The van der Waals surface area contributed by atoms with E-state index in [1.807, 2.05) is 46.8 Å². The molecule has 26 heavy (non-hydrogen) atoms. The van der Waals surface area contributed by atoms with Crippen molar-refractivity contribution in [3.8, 4) is 0 Å². The lowest BCUT2D eigenvalue weighted by Gasteiger charge is -2.36. The highest BCUT2D eigenvalue weighted by Gasteiger charge is 2.33. The highest BCUT2D eigenvalue weighted by atomic mass is 32.2. The number of carbonyl (C=O) groups is 1. The number of piperidine rings is 1. The summed E-state index contributed by atoms with van der Waals surface area (Å²) in [5, 5.41) is 0. The van der Waals surface area contributed by atoms with Gasteiger partial charge in [0.15, 0.2) is 0 Å². The Morgan fingerprint density at radius 2 is 1.77 bits per heavy atom. The first-order chi connectivity index (χ1) is 11.9. The summed E-state index contributed by atoms with van der Waals surface area (Å²) in [6.45, 7) is 10.3. The molecule has 0 unspecified atom stereocenters. The zero-order chi connectivity index (χ0) is 19.7. The lowest BCUT2D eigenvalue weighted by Crippen LogP contribution is -2.48. The van der Waals surface area contributed by atoms with E-state index < -0.39 is 15.6 Å². The van der Waals surface area contributed by atoms with Crippen LogP contribution in [0.5, 0.6) is 0 Å². The van der Waals surface area contributed by atoms with E-state index in [9.17, 15) is 13.2 Å². The zero-order valence-corrected chi connectivity index (χ0v) is 17.4. The normalized spacial score (nSPS) is 16.8. The fraction of sp³-hybridized carbons (Fsp3) is 0.632. The summed E-state index contributed by atoms with van der Waals surface area (Å²) in [5.74, 6) is 0. The summed E-state index contributed by atoms with van der Waals surface area (Å²) in [6.07, 6.45) is 0.857. The van der Waals surface area contributed by atoms with Gasteiger partial charge in [0.2, 0.25) is 10.0 Å². The Labute approximate surface area is 157 Å². The zero-order valence-electron chi connectivity index (χ0n) is 16.6. The third-order valence-corrected chi connectivity index (χ3v) is 6.69. The Morgan fingerprint density at radius 1 is 1.19 bits per heavy atom. The summed E-state index contributed by atoms with van der Waals surface area (Å²) in [7, 11) is -1.93. The molecule has 1 aromatic carbocycles. The molecule has 1 aliphatic rings. The molecular formula is C19H30N2O4S. The minimum Gasteiger partial charge on any atom is -0.444 e. The molecule has 2 rings (SSSR count). The van der Waals surface area contributed by atoms with Crippen LogP contribution in [0.1, 0.15) is 44.7 Å². The van der Waals surface area contributed by atoms with Crippen LogP contribution in [0.15, 0.2) is 23.1 Å². The molecule has 1 aromatic rings. The topological polar surface area (TPSA) is 66.9 Å². The molecule has 1 heterocycles. The van der Waals surface area contributed by atoms with Gasteiger partial charge in [-0.05, 0) is 59.1 Å². The largest absolute Gasteiger partial charge is 0.444 e. The minimum atomic E-state index is -3.55. The van der Waals surface area contributed by atoms with Crippen LogP contribution in [0.2, 0.25) is 0 Å². The number of likely N-dealkylation sites (tertiary alicyclic amines) is 1. The van der Waals surface area contributed by atoms with Gasteiger partial charge in [0.1, 0.15) is 5.60 Å². The van der Waals surface area contributed by atoms with Crippen molar-refractivity contribution in [1.29, 1.82) is 0 Å². The van der Waals surface area contributed by atoms with Gasteiger partial charge >= 0.3 is 6.09 Å². The van der Waals surface area contributed by atoms with Crippen LogP contribution >= 0.6 is 0 Å². The molecule has 6 nitrogen and oxygen atoms in total. The average molecular weight is 383 g/mol. The van der Waals surface area contributed by atoms with E-state index in [1.165, 1.54) is 4.31 Å². The van der Waals surface area contributed by atoms with Crippen molar-refractivity contribution < 1.29 is 17.9 Å². The van der Waals surface area contributed by atoms with Crippen molar-refractivity contribution in [2.75, 3.05) is 20.1 Å². The quantitative estimate of drug-likeness (QED) is 0.804. The molecule has 0 bridgehead atoms. The molecule has 1 amide bonds. The van der Waals surface area contributed by atoms with Crippen molar-refractivity contribution >= 4 is 16.1 Å². The Kier molecular flexibility index (Phi) is 6.02. The van der Waals surface area contributed by atoms with E-state index >= 15 is 0 Å². The highest BCUT2D eigenvalue weighted by Crippen LogP contribution is 2.26. The SMILES string of the molecule is Cc1ccc(S(=O)(=O)N(C)C2CCN(C(=O)OC(C)(C)C)CC2)c(C)c1. The molecule has 1 saturated heterocycles. The number of carbonyl (C=O) groups excluding carboxylic acids is 1. The third kappa shape index (κ3) is 4.76. The second kappa shape index (κ2) is 7.56. The molecule has 0 aromatic heterocycles. The predicted molar refractivity (Wildman–Crippen MR) is 102 cm³/mol. The van der Waals surface area contributed by atoms with Crippen LogP contribution < -0.4 is 0 Å². The maximum Gasteiger partial charge on any atom is 0.410 e. The monoisotopic (exact) mass is 382 g/mol. The molecule has 0 saturated carbocycles. The van der Waals surface area contributed by atoms with Crippen LogP contribution in [0.4, 0.5) is 4.79 Å². The number of sulfonamides is 1. The first kappa shape index (κ1) is 20.7. The van der Waals surface area contributed by atoms with E-state index in [0.717, 1.165) is 11.1 Å². The van der Waals surface area contributed by atoms with Gasteiger partial charge in [0.05, 0.1) is 4.90 Å². The van der Waals surface area contributed by atoms with Crippen molar-refractivity contribution in [1.82, 2.24) is 9.21 Å². The molecule has 146 valence electrons. The van der Waals surface area contributed by atoms with Crippen molar-refractivity contribution in [2.45, 2.75) is 64.0 Å². The Bertz CT molecular complexity index is 760. The minimum absolute atomic E-state index is 0.126. The van der Waals surface area contributed by atoms with Crippen LogP contribution in [0.25, 0.3) is 0 Å². The molecule has 1 fully saturated rings. The molecule has 0 N–H and O–H groups in total. The molecule has 7 heteroatoms. The number of aryl methyl sites for hydroxylation is 2. The van der Waals surface area contributed by atoms with Crippen LogP contribution in [-0.4, -0.2) is 55.5 Å². The molecule has 0 aliphatic carbocycles. The number of rotatable bonds is 3. The summed E-state index contributed by atoms with van der Waals surface area (Å²) in [6, 6.07) is 5.25. The number of hydrogen-bond acceptors (Lipinski definition) is 4. The Hall–Kier alpha value is -1.60. The fourth-order valence-electron chi connectivity index (χ4n) is 3.18. The van der Waals surface area contributed by atoms with E-state index in [0.29, 0.717) is 30.8 Å². The highest BCUT2D eigenvalue weighted by molar-refractivity contribution is 7.89. The fourth-order valence-corrected chi connectivity index (χ4v) is 4.80.